The van der Waals surface area contributed by atoms with Gasteiger partial charge >= 0.3 is 0 Å². The molecule has 2 fully saturated rings. The van der Waals surface area contributed by atoms with Gasteiger partial charge in [-0.15, -0.1) is 0 Å². The summed E-state index contributed by atoms with van der Waals surface area (Å²) in [6.07, 6.45) is 3.86. The molecule has 1 aromatic rings. The van der Waals surface area contributed by atoms with Gasteiger partial charge in [-0.2, -0.15) is 16.9 Å². The second-order valence-electron chi connectivity index (χ2n) is 5.92. The monoisotopic (exact) mass is 338 g/mol. The van der Waals surface area contributed by atoms with E-state index in [2.05, 4.69) is 5.10 Å². The van der Waals surface area contributed by atoms with Crippen molar-refractivity contribution in [2.75, 3.05) is 38.2 Å². The van der Waals surface area contributed by atoms with E-state index in [0.717, 1.165) is 36.6 Å². The van der Waals surface area contributed by atoms with Crippen molar-refractivity contribution in [1.82, 2.24) is 19.6 Å². The second kappa shape index (κ2) is 6.92. The van der Waals surface area contributed by atoms with Gasteiger partial charge in [-0.1, -0.05) is 0 Å². The van der Waals surface area contributed by atoms with E-state index < -0.39 is 12.1 Å². The van der Waals surface area contributed by atoms with Crippen LogP contribution >= 0.6 is 11.8 Å². The topological polar surface area (TPSA) is 67.7 Å². The molecule has 2 aliphatic heterocycles. The predicted octanol–water partition coefficient (Wildman–Crippen LogP) is 0.284. The Morgan fingerprint density at radius 2 is 2.17 bits per heavy atom. The van der Waals surface area contributed by atoms with Crippen LogP contribution in [0.2, 0.25) is 0 Å². The normalized spacial score (nSPS) is 26.3. The quantitative estimate of drug-likeness (QED) is 0.775. The van der Waals surface area contributed by atoms with Crippen molar-refractivity contribution in [3.8, 4) is 0 Å². The zero-order valence-corrected chi connectivity index (χ0v) is 14.3. The Balaban J connectivity index is 1.85. The van der Waals surface area contributed by atoms with Gasteiger partial charge in [0, 0.05) is 44.7 Å². The molecular formula is C15H22N4O3S. The highest BCUT2D eigenvalue weighted by Gasteiger charge is 2.42. The highest BCUT2D eigenvalue weighted by atomic mass is 32.2. The maximum Gasteiger partial charge on any atom is 0.254 e. The number of aromatic nitrogens is 2. The van der Waals surface area contributed by atoms with Gasteiger partial charge in [-0.05, 0) is 12.2 Å². The summed E-state index contributed by atoms with van der Waals surface area (Å²) < 4.78 is 7.34. The van der Waals surface area contributed by atoms with Crippen LogP contribution in [0.25, 0.3) is 0 Å². The molecule has 0 bridgehead atoms. The number of carbonyl (C=O) groups is 2. The molecule has 1 aromatic heterocycles. The Hall–Kier alpha value is -1.54. The van der Waals surface area contributed by atoms with E-state index in [1.165, 1.54) is 0 Å². The first-order chi connectivity index (χ1) is 11.1. The van der Waals surface area contributed by atoms with Crippen LogP contribution in [0.15, 0.2) is 12.4 Å². The number of ether oxygens (including phenoxy) is 1. The molecule has 0 radical (unpaired) electrons. The van der Waals surface area contributed by atoms with Crippen LogP contribution in [0, 0.1) is 0 Å². The van der Waals surface area contributed by atoms with Gasteiger partial charge in [-0.25, -0.2) is 0 Å². The molecule has 2 amide bonds. The molecule has 23 heavy (non-hydrogen) atoms. The lowest BCUT2D eigenvalue weighted by Crippen LogP contribution is -2.54. The lowest BCUT2D eigenvalue weighted by atomic mass is 10.00. The van der Waals surface area contributed by atoms with Crippen LogP contribution in [-0.2, 0) is 21.4 Å². The SMILES string of the molecule is CN1C(=O)CO[C@@H](C(=O)N2CCCSCC2)[C@@H]1c1cnn(C)c1. The van der Waals surface area contributed by atoms with Crippen molar-refractivity contribution in [2.45, 2.75) is 18.6 Å². The van der Waals surface area contributed by atoms with Gasteiger partial charge in [0.15, 0.2) is 6.10 Å². The molecule has 2 aliphatic rings. The molecule has 3 heterocycles. The van der Waals surface area contributed by atoms with Crippen molar-refractivity contribution >= 4 is 23.6 Å². The summed E-state index contributed by atoms with van der Waals surface area (Å²) in [6, 6.07) is -0.423. The van der Waals surface area contributed by atoms with Crippen LogP contribution < -0.4 is 0 Å². The number of aryl methyl sites for hydroxylation is 1. The van der Waals surface area contributed by atoms with Gasteiger partial charge < -0.3 is 14.5 Å². The van der Waals surface area contributed by atoms with Gasteiger partial charge in [0.1, 0.15) is 6.61 Å². The van der Waals surface area contributed by atoms with E-state index >= 15 is 0 Å². The zero-order valence-electron chi connectivity index (χ0n) is 13.5. The Morgan fingerprint density at radius 3 is 2.91 bits per heavy atom. The molecule has 0 spiro atoms. The molecule has 0 saturated carbocycles. The maximum atomic E-state index is 13.0. The predicted molar refractivity (Wildman–Crippen MR) is 87.0 cm³/mol. The maximum absolute atomic E-state index is 13.0. The fraction of sp³-hybridized carbons (Fsp3) is 0.667. The smallest absolute Gasteiger partial charge is 0.254 e. The van der Waals surface area contributed by atoms with E-state index in [4.69, 9.17) is 4.74 Å². The van der Waals surface area contributed by atoms with Crippen molar-refractivity contribution < 1.29 is 14.3 Å². The lowest BCUT2D eigenvalue weighted by Gasteiger charge is -2.39. The average Bonchev–Trinajstić information content (AvgIpc) is 2.80. The standard InChI is InChI=1S/C15H22N4O3S/c1-17-9-11(8-16-17)13-14(22-10-12(20)18(13)2)15(21)19-4-3-6-23-7-5-19/h8-9,13-14H,3-7,10H2,1-2H3/t13-,14+/m0/s1. The molecule has 0 N–H and O–H groups in total. The Morgan fingerprint density at radius 1 is 1.35 bits per heavy atom. The number of thioether (sulfide) groups is 1. The first-order valence-electron chi connectivity index (χ1n) is 7.80. The fourth-order valence-corrected chi connectivity index (χ4v) is 3.94. The molecule has 2 saturated heterocycles. The Bertz CT molecular complexity index is 583. The summed E-state index contributed by atoms with van der Waals surface area (Å²) >= 11 is 1.87. The van der Waals surface area contributed by atoms with Crippen molar-refractivity contribution in [2.24, 2.45) is 7.05 Å². The minimum atomic E-state index is -0.662. The number of morpholine rings is 1. The Labute approximate surface area is 139 Å². The molecule has 2 atom stereocenters. The first-order valence-corrected chi connectivity index (χ1v) is 8.95. The van der Waals surface area contributed by atoms with E-state index in [0.29, 0.717) is 0 Å². The number of hydrogen-bond donors (Lipinski definition) is 0. The second-order valence-corrected chi connectivity index (χ2v) is 7.14. The fourth-order valence-electron chi connectivity index (χ4n) is 3.06. The number of amides is 2. The van der Waals surface area contributed by atoms with E-state index in [9.17, 15) is 9.59 Å². The molecular weight excluding hydrogens is 316 g/mol. The third kappa shape index (κ3) is 3.37. The van der Waals surface area contributed by atoms with Gasteiger partial charge in [-0.3, -0.25) is 14.3 Å². The molecule has 8 heteroatoms. The summed E-state index contributed by atoms with van der Waals surface area (Å²) in [6.45, 7) is 1.44. The zero-order chi connectivity index (χ0) is 16.4. The van der Waals surface area contributed by atoms with Crippen molar-refractivity contribution in [3.05, 3.63) is 18.0 Å². The molecule has 126 valence electrons. The largest absolute Gasteiger partial charge is 0.356 e. The summed E-state index contributed by atoms with van der Waals surface area (Å²) in [5.41, 5.74) is 0.825. The minimum Gasteiger partial charge on any atom is -0.356 e. The third-order valence-corrected chi connectivity index (χ3v) is 5.38. The summed E-state index contributed by atoms with van der Waals surface area (Å²) in [4.78, 5) is 28.5. The van der Waals surface area contributed by atoms with Gasteiger partial charge in [0.25, 0.3) is 5.91 Å². The lowest BCUT2D eigenvalue weighted by molar-refractivity contribution is -0.167. The van der Waals surface area contributed by atoms with E-state index in [1.54, 1.807) is 22.8 Å². The third-order valence-electron chi connectivity index (χ3n) is 4.33. The molecule has 0 unspecified atom stereocenters. The van der Waals surface area contributed by atoms with E-state index in [-0.39, 0.29) is 18.4 Å². The first kappa shape index (κ1) is 16.3. The summed E-state index contributed by atoms with van der Waals surface area (Å²) in [5, 5.41) is 4.17. The van der Waals surface area contributed by atoms with Crippen molar-refractivity contribution in [3.63, 3.8) is 0 Å². The summed E-state index contributed by atoms with van der Waals surface area (Å²) in [7, 11) is 3.54. The number of rotatable bonds is 2. The van der Waals surface area contributed by atoms with Crippen LogP contribution in [0.3, 0.4) is 0 Å². The van der Waals surface area contributed by atoms with Crippen LogP contribution in [0.4, 0.5) is 0 Å². The van der Waals surface area contributed by atoms with Gasteiger partial charge in [0.05, 0.1) is 12.2 Å². The number of carbonyl (C=O) groups excluding carboxylic acids is 2. The number of nitrogens with zero attached hydrogens (tertiary/aromatic N) is 4. The average molecular weight is 338 g/mol. The molecule has 0 aliphatic carbocycles. The highest BCUT2D eigenvalue weighted by molar-refractivity contribution is 7.99. The Kier molecular flexibility index (Phi) is 4.91. The minimum absolute atomic E-state index is 0.0271. The van der Waals surface area contributed by atoms with Gasteiger partial charge in [0.2, 0.25) is 5.91 Å². The molecule has 3 rings (SSSR count). The molecule has 0 aromatic carbocycles. The van der Waals surface area contributed by atoms with Crippen LogP contribution in [0.1, 0.15) is 18.0 Å². The van der Waals surface area contributed by atoms with Crippen molar-refractivity contribution in [1.29, 1.82) is 0 Å². The summed E-state index contributed by atoms with van der Waals surface area (Å²) in [5.74, 6) is 1.89. The molecule has 7 nitrogen and oxygen atoms in total. The van der Waals surface area contributed by atoms with Crippen LogP contribution in [0.5, 0.6) is 0 Å². The van der Waals surface area contributed by atoms with Crippen LogP contribution in [-0.4, -0.2) is 75.7 Å². The number of hydrogen-bond acceptors (Lipinski definition) is 5. The number of likely N-dealkylation sites (N-methyl/N-ethyl adjacent to an activating group) is 1. The highest BCUT2D eigenvalue weighted by Crippen LogP contribution is 2.30. The van der Waals surface area contributed by atoms with E-state index in [1.807, 2.05) is 29.9 Å².